The Hall–Kier alpha value is -1.60. The Bertz CT molecular complexity index is 706. The number of nitrogens with one attached hydrogen (secondary N) is 1. The highest BCUT2D eigenvalue weighted by molar-refractivity contribution is 7.89. The Labute approximate surface area is 156 Å². The summed E-state index contributed by atoms with van der Waals surface area (Å²) in [6.45, 7) is 2.88. The fourth-order valence-corrected chi connectivity index (χ4v) is 5.11. The van der Waals surface area contributed by atoms with Gasteiger partial charge in [0.2, 0.25) is 10.0 Å². The number of hydrogen-bond donors (Lipinski definition) is 1. The summed E-state index contributed by atoms with van der Waals surface area (Å²) < 4.78 is 32.2. The van der Waals surface area contributed by atoms with Gasteiger partial charge in [-0.1, -0.05) is 19.3 Å². The quantitative estimate of drug-likeness (QED) is 0.823. The number of ether oxygens (including phenoxy) is 1. The Balaban J connectivity index is 1.57. The van der Waals surface area contributed by atoms with Crippen LogP contribution in [-0.2, 0) is 14.8 Å². The molecule has 144 valence electrons. The molecule has 1 aliphatic heterocycles. The summed E-state index contributed by atoms with van der Waals surface area (Å²) in [6.07, 6.45) is 6.83. The van der Waals surface area contributed by atoms with Gasteiger partial charge in [-0.25, -0.2) is 8.42 Å². The third-order valence-corrected chi connectivity index (χ3v) is 7.07. The van der Waals surface area contributed by atoms with Gasteiger partial charge in [0.15, 0.2) is 6.10 Å². The van der Waals surface area contributed by atoms with Crippen LogP contribution in [-0.4, -0.2) is 43.9 Å². The highest BCUT2D eigenvalue weighted by Gasteiger charge is 2.27. The van der Waals surface area contributed by atoms with E-state index >= 15 is 0 Å². The topological polar surface area (TPSA) is 75.7 Å². The second-order valence-corrected chi connectivity index (χ2v) is 9.12. The molecule has 1 amide bonds. The van der Waals surface area contributed by atoms with Crippen LogP contribution in [0.15, 0.2) is 29.2 Å². The van der Waals surface area contributed by atoms with Gasteiger partial charge in [0.25, 0.3) is 5.91 Å². The van der Waals surface area contributed by atoms with Gasteiger partial charge in [0.05, 0.1) is 4.90 Å². The number of amides is 1. The molecule has 1 saturated carbocycles. The first-order chi connectivity index (χ1) is 12.5. The fourth-order valence-electron chi connectivity index (χ4n) is 3.59. The summed E-state index contributed by atoms with van der Waals surface area (Å²) in [6, 6.07) is 6.58. The van der Waals surface area contributed by atoms with Crippen molar-refractivity contribution in [2.75, 3.05) is 13.1 Å². The highest BCUT2D eigenvalue weighted by Crippen LogP contribution is 2.23. The van der Waals surface area contributed by atoms with Gasteiger partial charge in [0.1, 0.15) is 5.75 Å². The average Bonchev–Trinajstić information content (AvgIpc) is 3.18. The minimum absolute atomic E-state index is 0.120. The molecule has 6 nitrogen and oxygen atoms in total. The van der Waals surface area contributed by atoms with Crippen molar-refractivity contribution in [1.29, 1.82) is 0 Å². The van der Waals surface area contributed by atoms with Crippen molar-refractivity contribution in [1.82, 2.24) is 9.62 Å². The predicted molar refractivity (Wildman–Crippen MR) is 99.5 cm³/mol. The number of sulfonamides is 1. The summed E-state index contributed by atoms with van der Waals surface area (Å²) >= 11 is 0. The van der Waals surface area contributed by atoms with Crippen molar-refractivity contribution in [3.8, 4) is 5.75 Å². The van der Waals surface area contributed by atoms with Crippen molar-refractivity contribution >= 4 is 15.9 Å². The van der Waals surface area contributed by atoms with E-state index in [1.807, 2.05) is 0 Å². The summed E-state index contributed by atoms with van der Waals surface area (Å²) in [5, 5.41) is 3.05. The first kappa shape index (κ1) is 19.2. The van der Waals surface area contributed by atoms with Crippen LogP contribution in [0.5, 0.6) is 5.75 Å². The maximum Gasteiger partial charge on any atom is 0.260 e. The molecule has 0 spiro atoms. The first-order valence-electron chi connectivity index (χ1n) is 9.54. The monoisotopic (exact) mass is 380 g/mol. The van der Waals surface area contributed by atoms with Crippen LogP contribution in [0.25, 0.3) is 0 Å². The predicted octanol–water partition coefficient (Wildman–Crippen LogP) is 2.69. The zero-order valence-electron chi connectivity index (χ0n) is 15.3. The SMILES string of the molecule is C[C@H](Oc1ccc(S(=O)(=O)N2CCCC2)cc1)C(=O)NC1CCCCC1. The van der Waals surface area contributed by atoms with Crippen LogP contribution in [0.3, 0.4) is 0 Å². The molecule has 1 aliphatic carbocycles. The lowest BCUT2D eigenvalue weighted by atomic mass is 9.95. The summed E-state index contributed by atoms with van der Waals surface area (Å²) in [7, 11) is -3.42. The van der Waals surface area contributed by atoms with Gasteiger partial charge in [-0.15, -0.1) is 0 Å². The molecule has 2 aliphatic rings. The van der Waals surface area contributed by atoms with Crippen molar-refractivity contribution in [3.63, 3.8) is 0 Å². The molecule has 0 bridgehead atoms. The molecule has 1 N–H and O–H groups in total. The van der Waals surface area contributed by atoms with Crippen LogP contribution in [0.1, 0.15) is 51.9 Å². The lowest BCUT2D eigenvalue weighted by molar-refractivity contribution is -0.128. The van der Waals surface area contributed by atoms with Gasteiger partial charge < -0.3 is 10.1 Å². The molecule has 1 saturated heterocycles. The van der Waals surface area contributed by atoms with E-state index in [-0.39, 0.29) is 16.8 Å². The molecule has 0 radical (unpaired) electrons. The minimum Gasteiger partial charge on any atom is -0.481 e. The first-order valence-corrected chi connectivity index (χ1v) is 11.0. The maximum absolute atomic E-state index is 12.5. The fraction of sp³-hybridized carbons (Fsp3) is 0.632. The number of carbonyl (C=O) groups is 1. The molecule has 0 unspecified atom stereocenters. The van der Waals surface area contributed by atoms with Gasteiger partial charge in [-0.3, -0.25) is 4.79 Å². The second-order valence-electron chi connectivity index (χ2n) is 7.19. The Morgan fingerprint density at radius 3 is 2.31 bits per heavy atom. The van der Waals surface area contributed by atoms with Gasteiger partial charge in [-0.2, -0.15) is 4.31 Å². The van der Waals surface area contributed by atoms with E-state index in [1.165, 1.54) is 10.7 Å². The number of benzene rings is 1. The van der Waals surface area contributed by atoms with Gasteiger partial charge in [0, 0.05) is 19.1 Å². The van der Waals surface area contributed by atoms with Crippen molar-refractivity contribution < 1.29 is 17.9 Å². The van der Waals surface area contributed by atoms with E-state index < -0.39 is 16.1 Å². The summed E-state index contributed by atoms with van der Waals surface area (Å²) in [5.74, 6) is 0.377. The van der Waals surface area contributed by atoms with Crippen LogP contribution in [0.2, 0.25) is 0 Å². The zero-order valence-corrected chi connectivity index (χ0v) is 16.1. The Morgan fingerprint density at radius 1 is 1.08 bits per heavy atom. The molecule has 1 aromatic rings. The van der Waals surface area contributed by atoms with E-state index in [2.05, 4.69) is 5.32 Å². The smallest absolute Gasteiger partial charge is 0.260 e. The number of carbonyl (C=O) groups excluding carboxylic acids is 1. The standard InChI is InChI=1S/C19H28N2O4S/c1-15(19(22)20-16-7-3-2-4-8-16)25-17-9-11-18(12-10-17)26(23,24)21-13-5-6-14-21/h9-12,15-16H,2-8,13-14H2,1H3,(H,20,22)/t15-/m0/s1. The Morgan fingerprint density at radius 2 is 1.69 bits per heavy atom. The van der Waals surface area contributed by atoms with Crippen molar-refractivity contribution in [2.45, 2.75) is 68.9 Å². The number of hydrogen-bond acceptors (Lipinski definition) is 4. The van der Waals surface area contributed by atoms with Gasteiger partial charge in [-0.05, 0) is 56.9 Å². The second kappa shape index (κ2) is 8.39. The molecular weight excluding hydrogens is 352 g/mol. The minimum atomic E-state index is -3.42. The normalized spacial score (nSPS) is 20.7. The molecule has 1 aromatic carbocycles. The van der Waals surface area contributed by atoms with Crippen LogP contribution in [0, 0.1) is 0 Å². The lowest BCUT2D eigenvalue weighted by Gasteiger charge is -2.24. The highest BCUT2D eigenvalue weighted by atomic mass is 32.2. The summed E-state index contributed by atoms with van der Waals surface area (Å²) in [5.41, 5.74) is 0. The maximum atomic E-state index is 12.5. The molecule has 2 fully saturated rings. The number of rotatable bonds is 6. The average molecular weight is 381 g/mol. The van der Waals surface area contributed by atoms with Crippen LogP contribution < -0.4 is 10.1 Å². The summed E-state index contributed by atoms with van der Waals surface area (Å²) in [4.78, 5) is 12.5. The molecule has 7 heteroatoms. The zero-order chi connectivity index (χ0) is 18.6. The molecular formula is C19H28N2O4S. The third kappa shape index (κ3) is 4.57. The van der Waals surface area contributed by atoms with Gasteiger partial charge >= 0.3 is 0 Å². The Kier molecular flexibility index (Phi) is 6.19. The molecule has 1 heterocycles. The van der Waals surface area contributed by atoms with Crippen molar-refractivity contribution in [3.05, 3.63) is 24.3 Å². The van der Waals surface area contributed by atoms with E-state index in [9.17, 15) is 13.2 Å². The molecule has 0 aromatic heterocycles. The third-order valence-electron chi connectivity index (χ3n) is 5.16. The van der Waals surface area contributed by atoms with E-state index in [4.69, 9.17) is 4.74 Å². The molecule has 26 heavy (non-hydrogen) atoms. The van der Waals surface area contributed by atoms with Crippen molar-refractivity contribution in [2.24, 2.45) is 0 Å². The lowest BCUT2D eigenvalue weighted by Crippen LogP contribution is -2.43. The number of nitrogens with zero attached hydrogens (tertiary/aromatic N) is 1. The van der Waals surface area contributed by atoms with Crippen LogP contribution in [0.4, 0.5) is 0 Å². The van der Waals surface area contributed by atoms with E-state index in [1.54, 1.807) is 31.2 Å². The van der Waals surface area contributed by atoms with E-state index in [0.29, 0.717) is 18.8 Å². The molecule has 3 rings (SSSR count). The largest absolute Gasteiger partial charge is 0.481 e. The van der Waals surface area contributed by atoms with E-state index in [0.717, 1.165) is 38.5 Å². The van der Waals surface area contributed by atoms with Crippen LogP contribution >= 0.6 is 0 Å². The molecule has 1 atom stereocenters.